The van der Waals surface area contributed by atoms with E-state index in [2.05, 4.69) is 51.9 Å². The molecule has 0 fully saturated rings. The fraction of sp³-hybridized carbons (Fsp3) is 0.368. The van der Waals surface area contributed by atoms with Gasteiger partial charge < -0.3 is 9.84 Å². The average Bonchev–Trinajstić information content (AvgIpc) is 2.77. The number of carbonyl (C=O) groups is 2. The SMILES string of the molecule is C.CCOC(=O)c1ncc(C(F)(F)F)cc1S(C)(=O)=O.CS(=O)(=O)c1cc(C(F)(F)F)cnc1C(=O)O.I[I-]I. The van der Waals surface area contributed by atoms with Crippen LogP contribution in [-0.2, 0) is 36.8 Å². The van der Waals surface area contributed by atoms with Gasteiger partial charge in [0.05, 0.1) is 17.7 Å². The summed E-state index contributed by atoms with van der Waals surface area (Å²) >= 11 is 5.30. The van der Waals surface area contributed by atoms with Gasteiger partial charge in [0.1, 0.15) is 9.79 Å². The molecule has 10 nitrogen and oxygen atoms in total. The van der Waals surface area contributed by atoms with E-state index in [1.54, 1.807) is 0 Å². The van der Waals surface area contributed by atoms with Crippen molar-refractivity contribution >= 4 is 68.8 Å². The van der Waals surface area contributed by atoms with Crippen LogP contribution in [0.3, 0.4) is 0 Å². The van der Waals surface area contributed by atoms with Crippen molar-refractivity contribution in [3.05, 3.63) is 47.0 Å². The van der Waals surface area contributed by atoms with E-state index < -0.39 is 76.3 Å². The van der Waals surface area contributed by atoms with E-state index in [0.29, 0.717) is 38.0 Å². The number of sulfone groups is 2. The third-order valence-corrected chi connectivity index (χ3v) is 6.05. The molecule has 2 aromatic rings. The summed E-state index contributed by atoms with van der Waals surface area (Å²) in [6.45, 7) is 1.42. The number of aromatic nitrogens is 2. The third kappa shape index (κ3) is 13.3. The van der Waals surface area contributed by atoms with Crippen LogP contribution in [0.25, 0.3) is 0 Å². The zero-order chi connectivity index (χ0) is 31.0. The molecule has 0 aliphatic heterocycles. The molecule has 1 N–H and O–H groups in total. The number of carboxylic acid groups (broad SMARTS) is 1. The standard InChI is InChI=1S/C10H10F3NO4S.C8H6F3NO4S.CH4.I3/c1-3-18-9(15)8-7(19(2,16)17)4-6(5-14-8)10(11,12)13;1-17(15,16)5-2-4(8(9,10)11)3-12-6(5)7(13)14;;1-3-2/h4-5H,3H2,1-2H3;2-3H,1H3,(H,13,14);1H4;/q;;;-1. The van der Waals surface area contributed by atoms with Gasteiger partial charge in [-0.15, -0.1) is 0 Å². The molecule has 0 bridgehead atoms. The minimum absolute atomic E-state index is 0. The zero-order valence-corrected chi connectivity index (χ0v) is 27.5. The van der Waals surface area contributed by atoms with E-state index in [4.69, 9.17) is 5.11 Å². The molecule has 0 aliphatic carbocycles. The Hall–Kier alpha value is -1.09. The number of halogens is 9. The van der Waals surface area contributed by atoms with Gasteiger partial charge in [0.2, 0.25) is 0 Å². The monoisotopic (exact) mass is 963 g/mol. The average molecular weight is 963 g/mol. The van der Waals surface area contributed by atoms with Crippen LogP contribution in [0.4, 0.5) is 26.3 Å². The van der Waals surface area contributed by atoms with Crippen molar-refractivity contribution in [3.63, 3.8) is 0 Å². The Morgan fingerprint density at radius 3 is 1.48 bits per heavy atom. The first-order chi connectivity index (χ1) is 17.5. The molecule has 0 atom stereocenters. The van der Waals surface area contributed by atoms with Gasteiger partial charge in [-0.3, -0.25) is 0 Å². The normalized spacial score (nSPS) is 11.7. The number of aromatic carboxylic acids is 1. The molecule has 40 heavy (non-hydrogen) atoms. The molecule has 0 radical (unpaired) electrons. The van der Waals surface area contributed by atoms with Crippen molar-refractivity contribution < 1.29 is 75.9 Å². The summed E-state index contributed by atoms with van der Waals surface area (Å²) in [5.74, 6) is -2.80. The summed E-state index contributed by atoms with van der Waals surface area (Å²) in [4.78, 5) is 26.6. The molecule has 21 heteroatoms. The number of carboxylic acids is 1. The molecular weight excluding hydrogens is 943 g/mol. The van der Waals surface area contributed by atoms with E-state index in [0.717, 1.165) is 0 Å². The second-order valence-corrected chi connectivity index (χ2v) is 27.0. The molecule has 0 aliphatic rings. The summed E-state index contributed by atoms with van der Waals surface area (Å²) in [7, 11) is -8.15. The molecule has 2 rings (SSSR count). The first-order valence-corrected chi connectivity index (χ1v) is 25.7. The minimum atomic E-state index is -4.79. The van der Waals surface area contributed by atoms with E-state index in [9.17, 15) is 52.8 Å². The number of rotatable bonds is 5. The Morgan fingerprint density at radius 1 is 0.875 bits per heavy atom. The van der Waals surface area contributed by atoms with Crippen LogP contribution in [0.5, 0.6) is 0 Å². The van der Waals surface area contributed by atoms with Gasteiger partial charge in [-0.25, -0.2) is 36.4 Å². The van der Waals surface area contributed by atoms with Crippen LogP contribution < -0.4 is 13.3 Å². The van der Waals surface area contributed by atoms with Crippen LogP contribution in [0.15, 0.2) is 34.3 Å². The van der Waals surface area contributed by atoms with Crippen LogP contribution >= 0.6 is 37.2 Å². The molecule has 230 valence electrons. The Labute approximate surface area is 255 Å². The number of hydrogen-bond donors (Lipinski definition) is 1. The second kappa shape index (κ2) is 16.5. The zero-order valence-electron chi connectivity index (χ0n) is 19.4. The summed E-state index contributed by atoms with van der Waals surface area (Å²) in [5.41, 5.74) is -4.15. The van der Waals surface area contributed by atoms with Gasteiger partial charge >= 0.3 is 74.8 Å². The van der Waals surface area contributed by atoms with Crippen LogP contribution in [0.2, 0.25) is 0 Å². The number of nitrogens with zero attached hydrogens (tertiary/aromatic N) is 2. The topological polar surface area (TPSA) is 158 Å². The van der Waals surface area contributed by atoms with E-state index in [1.165, 1.54) is 6.92 Å². The van der Waals surface area contributed by atoms with Gasteiger partial charge in [0, 0.05) is 24.9 Å². The first kappa shape index (κ1) is 41.0. The van der Waals surface area contributed by atoms with Crippen molar-refractivity contribution in [1.29, 1.82) is 0 Å². The van der Waals surface area contributed by atoms with Gasteiger partial charge in [-0.05, 0) is 19.1 Å². The Kier molecular flexibility index (Phi) is 17.0. The fourth-order valence-electron chi connectivity index (χ4n) is 2.28. The van der Waals surface area contributed by atoms with Crippen molar-refractivity contribution in [3.8, 4) is 0 Å². The maximum atomic E-state index is 12.5. The summed E-state index contributed by atoms with van der Waals surface area (Å²) in [6, 6.07) is 0.625. The van der Waals surface area contributed by atoms with Crippen molar-refractivity contribution in [1.82, 2.24) is 9.97 Å². The molecule has 2 aromatic heterocycles. The van der Waals surface area contributed by atoms with E-state index in [1.807, 2.05) is 0 Å². The van der Waals surface area contributed by atoms with Crippen molar-refractivity contribution in [2.45, 2.75) is 36.5 Å². The van der Waals surface area contributed by atoms with E-state index >= 15 is 0 Å². The van der Waals surface area contributed by atoms with E-state index in [-0.39, 0.29) is 26.3 Å². The van der Waals surface area contributed by atoms with Crippen molar-refractivity contribution in [2.24, 2.45) is 0 Å². The quantitative estimate of drug-likeness (QED) is 0.268. The Balaban J connectivity index is 0. The molecule has 0 aromatic carbocycles. The first-order valence-electron chi connectivity index (χ1n) is 9.34. The molecule has 0 saturated heterocycles. The van der Waals surface area contributed by atoms with Crippen LogP contribution in [-0.4, -0.2) is 63.0 Å². The number of alkyl halides is 6. The molecule has 0 spiro atoms. The van der Waals surface area contributed by atoms with Crippen LogP contribution in [0.1, 0.15) is 46.5 Å². The van der Waals surface area contributed by atoms with Gasteiger partial charge in [0.15, 0.2) is 31.1 Å². The van der Waals surface area contributed by atoms with Gasteiger partial charge in [-0.2, -0.15) is 26.3 Å². The molecule has 2 heterocycles. The molecule has 0 amide bonds. The Bertz CT molecular complexity index is 1400. The van der Waals surface area contributed by atoms with Crippen molar-refractivity contribution in [2.75, 3.05) is 19.1 Å². The van der Waals surface area contributed by atoms with Gasteiger partial charge in [0.25, 0.3) is 0 Å². The number of carbonyl (C=O) groups excluding carboxylic acids is 1. The number of pyridine rings is 2. The summed E-state index contributed by atoms with van der Waals surface area (Å²) in [5, 5.41) is 8.61. The maximum absolute atomic E-state index is 12.5. The Morgan fingerprint density at radius 2 is 1.20 bits per heavy atom. The molecular formula is C19H20F6I3N2O8S2-. The predicted octanol–water partition coefficient (Wildman–Crippen LogP) is 2.29. The fourth-order valence-corrected chi connectivity index (χ4v) is 3.94. The number of esters is 1. The predicted molar refractivity (Wildman–Crippen MR) is 142 cm³/mol. The number of ether oxygens (including phenoxy) is 1. The third-order valence-electron chi connectivity index (χ3n) is 3.83. The number of hydrogen-bond acceptors (Lipinski definition) is 9. The second-order valence-electron chi connectivity index (χ2n) is 6.76. The van der Waals surface area contributed by atoms with Gasteiger partial charge in [-0.1, -0.05) is 7.43 Å². The summed E-state index contributed by atoms with van der Waals surface area (Å²) in [6.07, 6.45) is -7.58. The summed E-state index contributed by atoms with van der Waals surface area (Å²) < 4.78 is 124. The molecule has 0 unspecified atom stereocenters. The molecule has 0 saturated carbocycles. The van der Waals surface area contributed by atoms with Crippen LogP contribution in [0, 0.1) is 0 Å².